The number of nitrogens with zero attached hydrogens (tertiary/aromatic N) is 6. The maximum Gasteiger partial charge on any atom is 0.251 e. The Hall–Kier alpha value is -4.30. The van der Waals surface area contributed by atoms with Crippen LogP contribution in [0.1, 0.15) is 36.8 Å². The number of benzene rings is 2. The number of halogens is 2. The van der Waals surface area contributed by atoms with Crippen LogP contribution in [-0.4, -0.2) is 76.2 Å². The Morgan fingerprint density at radius 1 is 1.04 bits per heavy atom. The van der Waals surface area contributed by atoms with E-state index in [4.69, 9.17) is 16.5 Å². The number of tetrazole rings is 1. The van der Waals surface area contributed by atoms with Crippen molar-refractivity contribution in [2.45, 2.75) is 45.1 Å². The van der Waals surface area contributed by atoms with E-state index >= 15 is 4.39 Å². The lowest BCUT2D eigenvalue weighted by Crippen LogP contribution is -2.50. The van der Waals surface area contributed by atoms with Crippen molar-refractivity contribution in [1.82, 2.24) is 30.9 Å². The van der Waals surface area contributed by atoms with Gasteiger partial charge in [0.25, 0.3) is 5.91 Å². The summed E-state index contributed by atoms with van der Waals surface area (Å²) in [6.07, 6.45) is 4.91. The number of anilines is 2. The number of hydrogen-bond donors (Lipinski definition) is 4. The summed E-state index contributed by atoms with van der Waals surface area (Å²) in [5.74, 6) is -0.640. The predicted molar refractivity (Wildman–Crippen MR) is 185 cm³/mol. The van der Waals surface area contributed by atoms with Crippen molar-refractivity contribution in [3.63, 3.8) is 0 Å². The van der Waals surface area contributed by atoms with Gasteiger partial charge >= 0.3 is 0 Å². The molecule has 1 saturated carbocycles. The molecule has 2 aliphatic rings. The summed E-state index contributed by atoms with van der Waals surface area (Å²) in [6.45, 7) is 6.39. The molecule has 2 aromatic heterocycles. The number of H-pyrrole nitrogens is 1. The molecular weight excluding hydrogens is 635 g/mol. The first-order chi connectivity index (χ1) is 22.8. The minimum Gasteiger partial charge on any atom is -0.354 e. The van der Waals surface area contributed by atoms with Crippen LogP contribution in [-0.2, 0) is 16.0 Å². The Balaban J connectivity index is 0.00000451. The summed E-state index contributed by atoms with van der Waals surface area (Å²) in [5, 5.41) is 16.8. The van der Waals surface area contributed by atoms with E-state index in [0.29, 0.717) is 25.3 Å². The van der Waals surface area contributed by atoms with Gasteiger partial charge in [-0.2, -0.15) is 5.21 Å². The number of pyridine rings is 1. The van der Waals surface area contributed by atoms with Crippen molar-refractivity contribution in [2.75, 3.05) is 42.5 Å². The molecule has 3 heterocycles. The molecule has 6 rings (SSSR count). The van der Waals surface area contributed by atoms with Gasteiger partial charge in [-0.25, -0.2) is 14.3 Å². The van der Waals surface area contributed by atoms with E-state index in [-0.39, 0.29) is 47.7 Å². The lowest BCUT2D eigenvalue weighted by molar-refractivity contribution is -0.130. The highest BCUT2D eigenvalue weighted by Gasteiger charge is 2.35. The second kappa shape index (κ2) is 15.7. The summed E-state index contributed by atoms with van der Waals surface area (Å²) in [7, 11) is 0. The van der Waals surface area contributed by atoms with Crippen LogP contribution >= 0.6 is 12.4 Å². The van der Waals surface area contributed by atoms with E-state index in [1.54, 1.807) is 0 Å². The quantitative estimate of drug-likeness (QED) is 0.206. The molecule has 2 amide bonds. The van der Waals surface area contributed by atoms with Crippen LogP contribution in [0.4, 0.5) is 15.9 Å². The van der Waals surface area contributed by atoms with Crippen molar-refractivity contribution in [3.05, 3.63) is 71.7 Å². The van der Waals surface area contributed by atoms with E-state index < -0.39 is 17.8 Å². The number of nitrogens with one attached hydrogen (secondary N) is 2. The van der Waals surface area contributed by atoms with E-state index in [2.05, 4.69) is 43.8 Å². The van der Waals surface area contributed by atoms with E-state index in [1.165, 1.54) is 12.1 Å². The molecule has 2 aromatic carbocycles. The van der Waals surface area contributed by atoms with Crippen LogP contribution < -0.4 is 26.6 Å². The lowest BCUT2D eigenvalue weighted by Gasteiger charge is -2.32. The van der Waals surface area contributed by atoms with Gasteiger partial charge in [0.05, 0.1) is 17.3 Å². The van der Waals surface area contributed by atoms with Crippen molar-refractivity contribution in [1.29, 1.82) is 0 Å². The molecule has 1 aliphatic carbocycles. The Morgan fingerprint density at radius 3 is 2.40 bits per heavy atom. The monoisotopic (exact) mass is 676 g/mol. The Bertz CT molecular complexity index is 1690. The molecular formula is C34H42ClFN10O2. The van der Waals surface area contributed by atoms with Crippen molar-refractivity contribution in [3.8, 4) is 22.5 Å². The minimum absolute atomic E-state index is 0. The molecule has 254 valence electrons. The number of nitrogens with two attached hydrogens (primary N) is 2. The van der Waals surface area contributed by atoms with Gasteiger partial charge in [0.15, 0.2) is 0 Å². The minimum atomic E-state index is -1.04. The Morgan fingerprint density at radius 2 is 1.77 bits per heavy atom. The third kappa shape index (κ3) is 7.70. The fraction of sp³-hybridized carbons (Fsp3) is 0.412. The molecule has 0 unspecified atom stereocenters. The van der Waals surface area contributed by atoms with Gasteiger partial charge in [-0.1, -0.05) is 24.3 Å². The first kappa shape index (κ1) is 35.0. The summed E-state index contributed by atoms with van der Waals surface area (Å²) in [4.78, 5) is 35.9. The SMILES string of the molecule is Cc1cc(N2CCNCC2)ncc1-c1ccc(C[C@H](N)C(=O)N(C(=O)C2CCC(CN)CC2)c2ccc(-c3nn[nH]n3)c(F)c2)cc1.Cl. The van der Waals surface area contributed by atoms with Gasteiger partial charge in [-0.15, -0.1) is 22.6 Å². The molecule has 48 heavy (non-hydrogen) atoms. The third-order valence-electron chi connectivity index (χ3n) is 9.34. The summed E-state index contributed by atoms with van der Waals surface area (Å²) < 4.78 is 15.3. The van der Waals surface area contributed by atoms with E-state index in [9.17, 15) is 9.59 Å². The van der Waals surface area contributed by atoms with Gasteiger partial charge in [-0.05, 0) is 97.7 Å². The number of rotatable bonds is 9. The van der Waals surface area contributed by atoms with Gasteiger partial charge in [0.1, 0.15) is 11.6 Å². The summed E-state index contributed by atoms with van der Waals surface area (Å²) >= 11 is 0. The summed E-state index contributed by atoms with van der Waals surface area (Å²) in [6, 6.07) is 13.0. The van der Waals surface area contributed by atoms with Crippen molar-refractivity contribution >= 4 is 35.7 Å². The average Bonchev–Trinajstić information content (AvgIpc) is 3.64. The molecule has 4 aromatic rings. The standard InChI is InChI=1S/C34H41FN10O2.ClH/c1-21-16-31(44-14-12-38-13-15-44)39-20-28(21)24-6-2-22(3-7-24)17-30(37)34(47)45(33(46)25-8-4-23(19-36)5-9-25)26-10-11-27(29(35)18-26)32-40-42-43-41-32;/h2-3,6-7,10-11,16,18,20,23,25,30,38H,4-5,8-9,12-15,17,19,36-37H2,1H3,(H,40,41,42,43);1H/t23?,25?,30-;/m0./s1. The molecule has 6 N–H and O–H groups in total. The average molecular weight is 677 g/mol. The fourth-order valence-corrected chi connectivity index (χ4v) is 6.53. The maximum atomic E-state index is 15.3. The van der Waals surface area contributed by atoms with Crippen LogP contribution in [0.15, 0.2) is 54.7 Å². The maximum absolute atomic E-state index is 15.3. The molecule has 12 nitrogen and oxygen atoms in total. The van der Waals surface area contributed by atoms with Crippen LogP contribution in [0.5, 0.6) is 0 Å². The normalized spacial score (nSPS) is 18.5. The molecule has 2 fully saturated rings. The fourth-order valence-electron chi connectivity index (χ4n) is 6.53. The van der Waals surface area contributed by atoms with Gasteiger partial charge in [-0.3, -0.25) is 9.59 Å². The highest BCUT2D eigenvalue weighted by molar-refractivity contribution is 6.17. The second-order valence-electron chi connectivity index (χ2n) is 12.5. The largest absolute Gasteiger partial charge is 0.354 e. The lowest BCUT2D eigenvalue weighted by atomic mass is 9.81. The smallest absolute Gasteiger partial charge is 0.251 e. The zero-order chi connectivity index (χ0) is 32.9. The molecule has 1 aliphatic heterocycles. The number of imide groups is 1. The van der Waals surface area contributed by atoms with Crippen LogP contribution in [0.25, 0.3) is 22.5 Å². The van der Waals surface area contributed by atoms with E-state index in [0.717, 1.165) is 78.1 Å². The Labute approximate surface area is 285 Å². The van der Waals surface area contributed by atoms with Crippen LogP contribution in [0, 0.1) is 24.6 Å². The first-order valence-corrected chi connectivity index (χ1v) is 16.2. The number of carbonyl (C=O) groups excluding carboxylic acids is 2. The van der Waals surface area contributed by atoms with Crippen molar-refractivity contribution in [2.24, 2.45) is 23.3 Å². The molecule has 14 heteroatoms. The zero-order valence-corrected chi connectivity index (χ0v) is 27.8. The molecule has 0 spiro atoms. The first-order valence-electron chi connectivity index (χ1n) is 16.2. The highest BCUT2D eigenvalue weighted by Crippen LogP contribution is 2.33. The highest BCUT2D eigenvalue weighted by atomic mass is 35.5. The third-order valence-corrected chi connectivity index (χ3v) is 9.34. The van der Waals surface area contributed by atoms with E-state index in [1.807, 2.05) is 30.5 Å². The zero-order valence-electron chi connectivity index (χ0n) is 26.9. The molecule has 1 saturated heterocycles. The summed E-state index contributed by atoms with van der Waals surface area (Å²) in [5.41, 5.74) is 16.6. The topological polar surface area (TPSA) is 172 Å². The van der Waals surface area contributed by atoms with Gasteiger partial charge < -0.3 is 21.7 Å². The number of aromatic amines is 1. The number of aryl methyl sites for hydroxylation is 1. The predicted octanol–water partition coefficient (Wildman–Crippen LogP) is 3.40. The number of piperazine rings is 1. The van der Waals surface area contributed by atoms with Gasteiger partial charge in [0, 0.05) is 43.9 Å². The van der Waals surface area contributed by atoms with Crippen molar-refractivity contribution < 1.29 is 14.0 Å². The number of aromatic nitrogens is 5. The number of hydrogen-bond acceptors (Lipinski definition) is 10. The number of amides is 2. The second-order valence-corrected chi connectivity index (χ2v) is 12.5. The molecule has 0 bridgehead atoms. The van der Waals surface area contributed by atoms with Crippen LogP contribution in [0.2, 0.25) is 0 Å². The molecule has 0 radical (unpaired) electrons. The molecule has 1 atom stereocenters. The van der Waals surface area contributed by atoms with Crippen LogP contribution in [0.3, 0.4) is 0 Å². The number of carbonyl (C=O) groups is 2. The Kier molecular flexibility index (Phi) is 11.5. The van der Waals surface area contributed by atoms with Gasteiger partial charge in [0.2, 0.25) is 11.7 Å².